The highest BCUT2D eigenvalue weighted by atomic mass is 32.2. The first-order valence-electron chi connectivity index (χ1n) is 6.01. The number of carbonyl (C=O) groups excluding carboxylic acids is 2. The fourth-order valence-corrected chi connectivity index (χ4v) is 1.94. The van der Waals surface area contributed by atoms with Gasteiger partial charge in [0.25, 0.3) is 0 Å². The summed E-state index contributed by atoms with van der Waals surface area (Å²) in [7, 11) is -3.12. The van der Waals surface area contributed by atoms with Crippen LogP contribution >= 0.6 is 0 Å². The molecule has 0 radical (unpaired) electrons. The van der Waals surface area contributed by atoms with Crippen molar-refractivity contribution in [3.05, 3.63) is 35.6 Å². The van der Waals surface area contributed by atoms with Crippen LogP contribution in [0, 0.1) is 5.82 Å². The van der Waals surface area contributed by atoms with Crippen LogP contribution in [-0.2, 0) is 14.6 Å². The second-order valence-electron chi connectivity index (χ2n) is 4.41. The molecule has 0 bridgehead atoms. The third kappa shape index (κ3) is 6.42. The molecule has 1 amide bonds. The van der Waals surface area contributed by atoms with Gasteiger partial charge >= 0.3 is 0 Å². The van der Waals surface area contributed by atoms with Gasteiger partial charge in [-0.3, -0.25) is 9.59 Å². The first kappa shape index (κ1) is 16.3. The fourth-order valence-electron chi connectivity index (χ4n) is 1.47. The summed E-state index contributed by atoms with van der Waals surface area (Å²) in [4.78, 5) is 23.1. The summed E-state index contributed by atoms with van der Waals surface area (Å²) >= 11 is 0. The van der Waals surface area contributed by atoms with Crippen molar-refractivity contribution in [2.45, 2.75) is 12.8 Å². The number of nitrogens with one attached hydrogen (secondary N) is 1. The number of hydrogen-bond donors (Lipinski definition) is 1. The van der Waals surface area contributed by atoms with Gasteiger partial charge in [-0.05, 0) is 24.3 Å². The normalized spacial score (nSPS) is 11.1. The first-order chi connectivity index (χ1) is 9.28. The zero-order valence-corrected chi connectivity index (χ0v) is 11.9. The van der Waals surface area contributed by atoms with E-state index in [1.54, 1.807) is 0 Å². The Morgan fingerprint density at radius 3 is 2.30 bits per heavy atom. The van der Waals surface area contributed by atoms with Crippen LogP contribution in [0.1, 0.15) is 23.2 Å². The topological polar surface area (TPSA) is 80.3 Å². The quantitative estimate of drug-likeness (QED) is 0.760. The van der Waals surface area contributed by atoms with Crippen LogP contribution in [0.15, 0.2) is 24.3 Å². The number of sulfone groups is 1. The number of ketones is 1. The summed E-state index contributed by atoms with van der Waals surface area (Å²) in [5.74, 6) is -1.21. The molecule has 1 N–H and O–H groups in total. The van der Waals surface area contributed by atoms with Crippen LogP contribution in [0.25, 0.3) is 0 Å². The van der Waals surface area contributed by atoms with Crippen molar-refractivity contribution in [2.24, 2.45) is 0 Å². The maximum Gasteiger partial charge on any atom is 0.220 e. The van der Waals surface area contributed by atoms with Crippen molar-refractivity contribution in [1.82, 2.24) is 5.32 Å². The Hall–Kier alpha value is -1.76. The Bertz CT molecular complexity index is 581. The summed E-state index contributed by atoms with van der Waals surface area (Å²) in [5, 5.41) is 2.42. The van der Waals surface area contributed by atoms with E-state index in [4.69, 9.17) is 0 Å². The third-order valence-electron chi connectivity index (χ3n) is 2.54. The van der Waals surface area contributed by atoms with Gasteiger partial charge in [-0.25, -0.2) is 12.8 Å². The molecular formula is C13H16FNO4S. The Kier molecular flexibility index (Phi) is 5.82. The molecule has 1 rings (SSSR count). The smallest absolute Gasteiger partial charge is 0.220 e. The molecule has 0 saturated carbocycles. The van der Waals surface area contributed by atoms with Crippen molar-refractivity contribution in [3.63, 3.8) is 0 Å². The molecule has 0 spiro atoms. The lowest BCUT2D eigenvalue weighted by Crippen LogP contribution is -2.29. The average Bonchev–Trinajstić information content (AvgIpc) is 2.35. The van der Waals surface area contributed by atoms with E-state index in [1.807, 2.05) is 0 Å². The van der Waals surface area contributed by atoms with Gasteiger partial charge < -0.3 is 5.32 Å². The van der Waals surface area contributed by atoms with E-state index in [2.05, 4.69) is 5.32 Å². The van der Waals surface area contributed by atoms with E-state index in [0.717, 1.165) is 6.26 Å². The van der Waals surface area contributed by atoms with Gasteiger partial charge in [0.05, 0.1) is 5.75 Å². The molecule has 5 nitrogen and oxygen atoms in total. The van der Waals surface area contributed by atoms with Crippen LogP contribution in [0.3, 0.4) is 0 Å². The van der Waals surface area contributed by atoms with Crippen LogP contribution in [0.4, 0.5) is 4.39 Å². The molecule has 1 aromatic rings. The maximum atomic E-state index is 12.7. The summed E-state index contributed by atoms with van der Waals surface area (Å²) in [6.45, 7) is 0.0302. The van der Waals surface area contributed by atoms with E-state index in [1.165, 1.54) is 24.3 Å². The predicted octanol–water partition coefficient (Wildman–Crippen LogP) is 0.949. The molecule has 7 heteroatoms. The number of Topliss-reactive ketones (excluding diaryl/α,β-unsaturated/α-hetero) is 1. The standard InChI is InChI=1S/C13H16FNO4S/c1-20(18,19)9-8-15-13(17)7-6-12(16)10-2-4-11(14)5-3-10/h2-5H,6-9H2,1H3,(H,15,17). The van der Waals surface area contributed by atoms with Crippen molar-refractivity contribution in [3.8, 4) is 0 Å². The monoisotopic (exact) mass is 301 g/mol. The minimum atomic E-state index is -3.12. The van der Waals surface area contributed by atoms with Crippen LogP contribution in [0.2, 0.25) is 0 Å². The molecular weight excluding hydrogens is 285 g/mol. The van der Waals surface area contributed by atoms with Gasteiger partial charge in [-0.15, -0.1) is 0 Å². The molecule has 20 heavy (non-hydrogen) atoms. The Labute approximate surface area is 117 Å². The highest BCUT2D eigenvalue weighted by Crippen LogP contribution is 2.07. The number of carbonyl (C=O) groups is 2. The van der Waals surface area contributed by atoms with E-state index in [9.17, 15) is 22.4 Å². The van der Waals surface area contributed by atoms with E-state index >= 15 is 0 Å². The number of rotatable bonds is 7. The Morgan fingerprint density at radius 2 is 1.75 bits per heavy atom. The Morgan fingerprint density at radius 1 is 1.15 bits per heavy atom. The van der Waals surface area contributed by atoms with Gasteiger partial charge in [-0.1, -0.05) is 0 Å². The van der Waals surface area contributed by atoms with Crippen molar-refractivity contribution in [2.75, 3.05) is 18.6 Å². The fraction of sp³-hybridized carbons (Fsp3) is 0.385. The summed E-state index contributed by atoms with van der Waals surface area (Å²) < 4.78 is 34.4. The number of benzene rings is 1. The van der Waals surface area contributed by atoms with Crippen LogP contribution in [0.5, 0.6) is 0 Å². The average molecular weight is 301 g/mol. The number of amides is 1. The van der Waals surface area contributed by atoms with Crippen molar-refractivity contribution < 1.29 is 22.4 Å². The highest BCUT2D eigenvalue weighted by molar-refractivity contribution is 7.90. The SMILES string of the molecule is CS(=O)(=O)CCNC(=O)CCC(=O)c1ccc(F)cc1. The van der Waals surface area contributed by atoms with Gasteiger partial charge in [0, 0.05) is 31.2 Å². The second kappa shape index (κ2) is 7.14. The molecule has 1 aromatic carbocycles. The largest absolute Gasteiger partial charge is 0.355 e. The molecule has 0 atom stereocenters. The molecule has 0 fully saturated rings. The van der Waals surface area contributed by atoms with Gasteiger partial charge in [0.2, 0.25) is 5.91 Å². The third-order valence-corrected chi connectivity index (χ3v) is 3.49. The molecule has 0 unspecified atom stereocenters. The van der Waals surface area contributed by atoms with Crippen molar-refractivity contribution in [1.29, 1.82) is 0 Å². The summed E-state index contributed by atoms with van der Waals surface area (Å²) in [6.07, 6.45) is 1.05. The molecule has 0 aromatic heterocycles. The summed E-state index contributed by atoms with van der Waals surface area (Å²) in [5.41, 5.74) is 0.343. The molecule has 110 valence electrons. The highest BCUT2D eigenvalue weighted by Gasteiger charge is 2.10. The van der Waals surface area contributed by atoms with E-state index in [0.29, 0.717) is 5.56 Å². The minimum absolute atomic E-state index is 0.00363. The number of hydrogen-bond acceptors (Lipinski definition) is 4. The second-order valence-corrected chi connectivity index (χ2v) is 6.67. The molecule has 0 heterocycles. The lowest BCUT2D eigenvalue weighted by atomic mass is 10.1. The molecule has 0 saturated heterocycles. The van der Waals surface area contributed by atoms with Gasteiger partial charge in [-0.2, -0.15) is 0 Å². The molecule has 0 aliphatic carbocycles. The van der Waals surface area contributed by atoms with Gasteiger partial charge in [0.1, 0.15) is 15.7 Å². The van der Waals surface area contributed by atoms with Crippen LogP contribution in [-0.4, -0.2) is 38.7 Å². The van der Waals surface area contributed by atoms with E-state index < -0.39 is 15.7 Å². The molecule has 0 aliphatic rings. The van der Waals surface area contributed by atoms with E-state index in [-0.39, 0.29) is 36.8 Å². The zero-order valence-electron chi connectivity index (χ0n) is 11.1. The zero-order chi connectivity index (χ0) is 15.2. The van der Waals surface area contributed by atoms with Crippen LogP contribution < -0.4 is 5.32 Å². The first-order valence-corrected chi connectivity index (χ1v) is 8.07. The lowest BCUT2D eigenvalue weighted by Gasteiger charge is -2.04. The predicted molar refractivity (Wildman–Crippen MR) is 72.7 cm³/mol. The minimum Gasteiger partial charge on any atom is -0.355 e. The maximum absolute atomic E-state index is 12.7. The molecule has 0 aliphatic heterocycles. The lowest BCUT2D eigenvalue weighted by molar-refractivity contribution is -0.120. The number of halogens is 1. The Balaban J connectivity index is 2.34. The van der Waals surface area contributed by atoms with Gasteiger partial charge in [0.15, 0.2) is 5.78 Å². The van der Waals surface area contributed by atoms with Crippen molar-refractivity contribution >= 4 is 21.5 Å². The summed E-state index contributed by atoms with van der Waals surface area (Å²) in [6, 6.07) is 5.08.